The fraction of sp³-hybridized carbons (Fsp3) is 0.158. The number of ether oxygens (including phenoxy) is 2. The second-order valence-corrected chi connectivity index (χ2v) is 5.20. The number of hydrogen-bond donors (Lipinski definition) is 0. The largest absolute Gasteiger partial charge is 0.489 e. The summed E-state index contributed by atoms with van der Waals surface area (Å²) in [5, 5.41) is 3.71. The van der Waals surface area contributed by atoms with E-state index in [1.807, 2.05) is 0 Å². The average molecular weight is 341 g/mol. The van der Waals surface area contributed by atoms with Crippen molar-refractivity contribution in [3.8, 4) is 17.1 Å². The summed E-state index contributed by atoms with van der Waals surface area (Å²) in [5.74, 6) is 0.117. The molecule has 2 aromatic carbocycles. The fourth-order valence-corrected chi connectivity index (χ4v) is 2.23. The van der Waals surface area contributed by atoms with Crippen molar-refractivity contribution in [1.29, 1.82) is 0 Å². The number of benzene rings is 2. The van der Waals surface area contributed by atoms with E-state index in [0.717, 1.165) is 0 Å². The Morgan fingerprint density at radius 1 is 1.16 bits per heavy atom. The monoisotopic (exact) mass is 341 g/mol. The van der Waals surface area contributed by atoms with E-state index in [1.165, 1.54) is 12.1 Å². The summed E-state index contributed by atoms with van der Waals surface area (Å²) >= 11 is 0. The highest BCUT2D eigenvalue weighted by atomic mass is 19.1. The zero-order valence-corrected chi connectivity index (χ0v) is 13.6. The van der Waals surface area contributed by atoms with Gasteiger partial charge in [-0.2, -0.15) is 0 Å². The summed E-state index contributed by atoms with van der Waals surface area (Å²) in [6.07, 6.45) is 0. The lowest BCUT2D eigenvalue weighted by Gasteiger charge is -2.07. The van der Waals surface area contributed by atoms with Gasteiger partial charge in [-0.05, 0) is 25.1 Å². The zero-order valence-electron chi connectivity index (χ0n) is 13.6. The van der Waals surface area contributed by atoms with Crippen molar-refractivity contribution in [2.24, 2.45) is 0 Å². The van der Waals surface area contributed by atoms with Crippen LogP contribution in [0.2, 0.25) is 0 Å². The van der Waals surface area contributed by atoms with Crippen LogP contribution < -0.4 is 4.74 Å². The minimum absolute atomic E-state index is 0.106. The van der Waals surface area contributed by atoms with Gasteiger partial charge in [0.1, 0.15) is 18.2 Å². The molecule has 6 heteroatoms. The normalized spacial score (nSPS) is 10.5. The Labute approximate surface area is 144 Å². The summed E-state index contributed by atoms with van der Waals surface area (Å²) in [4.78, 5) is 11.6. The van der Waals surface area contributed by atoms with Gasteiger partial charge in [-0.15, -0.1) is 0 Å². The standard InChI is InChI=1S/C19H16FNO4/c1-2-23-19(22)17-11-18(25-21-17)13-7-5-8-15(10-13)24-12-14-6-3-4-9-16(14)20/h3-11H,2,12H2,1H3. The van der Waals surface area contributed by atoms with Crippen molar-refractivity contribution in [3.63, 3.8) is 0 Å². The first-order valence-electron chi connectivity index (χ1n) is 7.78. The van der Waals surface area contributed by atoms with Gasteiger partial charge < -0.3 is 14.0 Å². The summed E-state index contributed by atoms with van der Waals surface area (Å²) in [6, 6.07) is 15.0. The van der Waals surface area contributed by atoms with Gasteiger partial charge in [0.05, 0.1) is 6.61 Å². The molecular weight excluding hydrogens is 325 g/mol. The highest BCUT2D eigenvalue weighted by molar-refractivity contribution is 5.88. The number of carbonyl (C=O) groups excluding carboxylic acids is 1. The lowest BCUT2D eigenvalue weighted by molar-refractivity contribution is 0.0514. The van der Waals surface area contributed by atoms with Crippen LogP contribution in [0.25, 0.3) is 11.3 Å². The maximum atomic E-state index is 13.6. The molecule has 1 aromatic heterocycles. The summed E-state index contributed by atoms with van der Waals surface area (Å²) in [7, 11) is 0. The number of esters is 1. The zero-order chi connectivity index (χ0) is 17.6. The number of carbonyl (C=O) groups is 1. The van der Waals surface area contributed by atoms with Crippen molar-refractivity contribution >= 4 is 5.97 Å². The maximum absolute atomic E-state index is 13.6. The minimum atomic E-state index is -0.538. The SMILES string of the molecule is CCOC(=O)c1cc(-c2cccc(OCc3ccccc3F)c2)on1. The molecule has 0 N–H and O–H groups in total. The quantitative estimate of drug-likeness (QED) is 0.628. The third-order valence-electron chi connectivity index (χ3n) is 3.47. The van der Waals surface area contributed by atoms with Crippen molar-refractivity contribution in [2.45, 2.75) is 13.5 Å². The number of hydrogen-bond acceptors (Lipinski definition) is 5. The molecule has 3 rings (SSSR count). The van der Waals surface area contributed by atoms with E-state index in [4.69, 9.17) is 14.0 Å². The van der Waals surface area contributed by atoms with Gasteiger partial charge >= 0.3 is 5.97 Å². The second kappa shape index (κ2) is 7.61. The van der Waals surface area contributed by atoms with Gasteiger partial charge in [0.2, 0.25) is 0 Å². The van der Waals surface area contributed by atoms with Gasteiger partial charge in [-0.3, -0.25) is 0 Å². The first kappa shape index (κ1) is 16.7. The number of halogens is 1. The van der Waals surface area contributed by atoms with E-state index >= 15 is 0 Å². The topological polar surface area (TPSA) is 61.6 Å². The predicted molar refractivity (Wildman–Crippen MR) is 88.6 cm³/mol. The van der Waals surface area contributed by atoms with E-state index in [2.05, 4.69) is 5.16 Å². The van der Waals surface area contributed by atoms with Gasteiger partial charge in [-0.1, -0.05) is 35.5 Å². The van der Waals surface area contributed by atoms with Crippen LogP contribution in [0.4, 0.5) is 4.39 Å². The van der Waals surface area contributed by atoms with Crippen molar-refractivity contribution in [1.82, 2.24) is 5.16 Å². The van der Waals surface area contributed by atoms with E-state index in [0.29, 0.717) is 22.6 Å². The third-order valence-corrected chi connectivity index (χ3v) is 3.47. The van der Waals surface area contributed by atoms with E-state index < -0.39 is 5.97 Å². The van der Waals surface area contributed by atoms with Crippen molar-refractivity contribution in [2.75, 3.05) is 6.61 Å². The third kappa shape index (κ3) is 4.03. The number of nitrogens with zero attached hydrogens (tertiary/aromatic N) is 1. The molecule has 0 aliphatic rings. The van der Waals surface area contributed by atoms with Crippen LogP contribution >= 0.6 is 0 Å². The molecule has 1 heterocycles. The van der Waals surface area contributed by atoms with Gasteiger partial charge in [0, 0.05) is 17.2 Å². The Morgan fingerprint density at radius 2 is 2.00 bits per heavy atom. The van der Waals surface area contributed by atoms with Crippen LogP contribution in [0, 0.1) is 5.82 Å². The van der Waals surface area contributed by atoms with Crippen LogP contribution in [-0.4, -0.2) is 17.7 Å². The van der Waals surface area contributed by atoms with Crippen LogP contribution in [0.5, 0.6) is 5.75 Å². The summed E-state index contributed by atoms with van der Waals surface area (Å²) in [6.45, 7) is 2.09. The molecule has 0 fully saturated rings. The first-order valence-corrected chi connectivity index (χ1v) is 7.78. The Kier molecular flexibility index (Phi) is 5.09. The highest BCUT2D eigenvalue weighted by Gasteiger charge is 2.15. The molecule has 5 nitrogen and oxygen atoms in total. The van der Waals surface area contributed by atoms with Crippen LogP contribution in [0.15, 0.2) is 59.1 Å². The van der Waals surface area contributed by atoms with Crippen molar-refractivity contribution in [3.05, 3.63) is 71.7 Å². The first-order chi connectivity index (χ1) is 12.2. The minimum Gasteiger partial charge on any atom is -0.489 e. The predicted octanol–water partition coefficient (Wildman–Crippen LogP) is 4.24. The average Bonchev–Trinajstić information content (AvgIpc) is 3.12. The van der Waals surface area contributed by atoms with E-state index in [-0.39, 0.29) is 24.7 Å². The van der Waals surface area contributed by atoms with Crippen LogP contribution in [0.3, 0.4) is 0 Å². The molecule has 0 aliphatic heterocycles. The molecule has 0 aliphatic carbocycles. The Balaban J connectivity index is 1.73. The lowest BCUT2D eigenvalue weighted by atomic mass is 10.1. The maximum Gasteiger partial charge on any atom is 0.360 e. The molecule has 25 heavy (non-hydrogen) atoms. The Bertz CT molecular complexity index is 875. The summed E-state index contributed by atoms with van der Waals surface area (Å²) < 4.78 is 29.3. The van der Waals surface area contributed by atoms with Gasteiger partial charge in [-0.25, -0.2) is 9.18 Å². The molecule has 0 unspecified atom stereocenters. The Morgan fingerprint density at radius 3 is 2.80 bits per heavy atom. The fourth-order valence-electron chi connectivity index (χ4n) is 2.23. The Hall–Kier alpha value is -3.15. The molecule has 0 amide bonds. The van der Waals surface area contributed by atoms with Gasteiger partial charge in [0.15, 0.2) is 11.5 Å². The molecule has 0 atom stereocenters. The second-order valence-electron chi connectivity index (χ2n) is 5.20. The molecule has 0 saturated carbocycles. The smallest absolute Gasteiger partial charge is 0.360 e. The van der Waals surface area contributed by atoms with Crippen LogP contribution in [-0.2, 0) is 11.3 Å². The molecule has 0 bridgehead atoms. The van der Waals surface area contributed by atoms with E-state index in [1.54, 1.807) is 49.4 Å². The van der Waals surface area contributed by atoms with Gasteiger partial charge in [0.25, 0.3) is 0 Å². The molecule has 0 saturated heterocycles. The number of aromatic nitrogens is 1. The molecular formula is C19H16FNO4. The summed E-state index contributed by atoms with van der Waals surface area (Å²) in [5.41, 5.74) is 1.26. The molecule has 0 spiro atoms. The van der Waals surface area contributed by atoms with E-state index in [9.17, 15) is 9.18 Å². The number of rotatable bonds is 6. The highest BCUT2D eigenvalue weighted by Crippen LogP contribution is 2.25. The molecule has 128 valence electrons. The lowest BCUT2D eigenvalue weighted by Crippen LogP contribution is -2.04. The van der Waals surface area contributed by atoms with Crippen molar-refractivity contribution < 1.29 is 23.2 Å². The molecule has 3 aromatic rings. The molecule has 0 radical (unpaired) electrons. The van der Waals surface area contributed by atoms with Crippen LogP contribution in [0.1, 0.15) is 23.0 Å².